The van der Waals surface area contributed by atoms with Crippen LogP contribution in [0.1, 0.15) is 48.2 Å². The Kier molecular flexibility index (Phi) is 6.22. The Labute approximate surface area is 184 Å². The van der Waals surface area contributed by atoms with E-state index in [0.29, 0.717) is 11.2 Å². The highest BCUT2D eigenvalue weighted by Gasteiger charge is 2.35. The lowest BCUT2D eigenvalue weighted by atomic mass is 9.91. The number of carbonyl (C=O) groups is 1. The Hall–Kier alpha value is -2.94. The van der Waals surface area contributed by atoms with Crippen molar-refractivity contribution < 1.29 is 17.5 Å². The maximum absolute atomic E-state index is 13.0. The first kappa shape index (κ1) is 21.3. The topological polar surface area (TPSA) is 61.4 Å². The van der Waals surface area contributed by atoms with E-state index in [1.807, 2.05) is 24.3 Å². The first-order chi connectivity index (χ1) is 15.0. The van der Waals surface area contributed by atoms with Gasteiger partial charge in [-0.3, -0.25) is 4.40 Å². The van der Waals surface area contributed by atoms with Crippen LogP contribution in [-0.2, 0) is 12.4 Å². The number of para-hydroxylation sites is 1. The normalized spacial score (nSPS) is 18.8. The Bertz CT molecular complexity index is 1110. The summed E-state index contributed by atoms with van der Waals surface area (Å²) in [6, 6.07) is 12.8. The summed E-state index contributed by atoms with van der Waals surface area (Å²) in [6.45, 7) is 0. The molecule has 6 nitrogen and oxygen atoms in total. The van der Waals surface area contributed by atoms with Gasteiger partial charge in [-0.05, 0) is 37.1 Å². The van der Waals surface area contributed by atoms with Gasteiger partial charge in [0.05, 0.1) is 5.69 Å². The molecule has 1 aliphatic rings. The Morgan fingerprint density at radius 1 is 1.16 bits per heavy atom. The molecule has 1 aromatic carbocycles. The molecule has 2 aromatic heterocycles. The van der Waals surface area contributed by atoms with Crippen molar-refractivity contribution in [2.45, 2.75) is 44.2 Å². The van der Waals surface area contributed by atoms with Crippen LogP contribution in [0.25, 0.3) is 5.65 Å². The lowest BCUT2D eigenvalue weighted by Crippen LogP contribution is -2.37. The second-order valence-electron chi connectivity index (χ2n) is 7.68. The van der Waals surface area contributed by atoms with E-state index in [4.69, 9.17) is 12.4 Å². The molecule has 4 rings (SSSR count). The van der Waals surface area contributed by atoms with E-state index in [1.54, 1.807) is 29.6 Å². The molecule has 0 atom stereocenters. The monoisotopic (exact) mass is 444 g/mol. The predicted molar refractivity (Wildman–Crippen MR) is 118 cm³/mol. The number of imidazole rings is 1. The molecular weight excluding hydrogens is 420 g/mol. The van der Waals surface area contributed by atoms with E-state index in [-0.39, 0.29) is 23.7 Å². The minimum absolute atomic E-state index is 0.0139. The fraction of sp³-hybridized carbons (Fsp3) is 0.364. The zero-order valence-electron chi connectivity index (χ0n) is 17.1. The van der Waals surface area contributed by atoms with Gasteiger partial charge in [-0.25, -0.2) is 18.6 Å². The number of nitrogens with zero attached hydrogens (tertiary/aromatic N) is 3. The minimum atomic E-state index is -2.60. The van der Waals surface area contributed by atoms with Crippen LogP contribution in [0.15, 0.2) is 48.7 Å². The SMILES string of the molecule is CNc1ccccc1C(=O)[N+](=S)[C@H]1CC[C@@H](Nc2cccc3nc(C(F)F)cn23)CC1. The number of alkyl halides is 2. The largest absolute Gasteiger partial charge is 0.435 e. The molecule has 1 amide bonds. The van der Waals surface area contributed by atoms with Gasteiger partial charge in [0.1, 0.15) is 22.7 Å². The molecule has 0 unspecified atom stereocenters. The van der Waals surface area contributed by atoms with Crippen molar-refractivity contribution in [1.82, 2.24) is 9.38 Å². The van der Waals surface area contributed by atoms with E-state index in [0.717, 1.165) is 37.2 Å². The number of halogens is 2. The average Bonchev–Trinajstić information content (AvgIpc) is 3.24. The van der Waals surface area contributed by atoms with Gasteiger partial charge in [-0.1, -0.05) is 22.1 Å². The van der Waals surface area contributed by atoms with Gasteiger partial charge in [0.2, 0.25) is 0 Å². The Balaban J connectivity index is 1.41. The van der Waals surface area contributed by atoms with Gasteiger partial charge in [0, 0.05) is 32.1 Å². The molecule has 2 N–H and O–H groups in total. The highest BCUT2D eigenvalue weighted by Crippen LogP contribution is 2.27. The number of amides is 1. The molecule has 1 aliphatic carbocycles. The van der Waals surface area contributed by atoms with E-state index >= 15 is 0 Å². The molecule has 0 saturated heterocycles. The standard InChI is InChI=1S/C22H23F2N5OS/c1-25-17-6-3-2-5-16(17)22(30)29(31)15-11-9-14(10-12-15)26-19-7-4-8-20-27-18(21(23)24)13-28(19)20/h2-8,13-15,21H,9-12H2,1H3,(H-,25,26,27,30)/p+1/t14-,15+. The van der Waals surface area contributed by atoms with Crippen LogP contribution in [0.3, 0.4) is 0 Å². The molecule has 3 aromatic rings. The lowest BCUT2D eigenvalue weighted by Gasteiger charge is -2.27. The van der Waals surface area contributed by atoms with Crippen molar-refractivity contribution >= 4 is 35.5 Å². The fourth-order valence-electron chi connectivity index (χ4n) is 4.09. The van der Waals surface area contributed by atoms with Crippen molar-refractivity contribution in [2.75, 3.05) is 17.7 Å². The minimum Gasteiger partial charge on any atom is -0.387 e. The number of anilines is 2. The smallest absolute Gasteiger partial charge is 0.387 e. The number of hydrogen-bond donors (Lipinski definition) is 2. The molecule has 2 heterocycles. The summed E-state index contributed by atoms with van der Waals surface area (Å²) in [7, 11) is 1.78. The molecule has 1 fully saturated rings. The summed E-state index contributed by atoms with van der Waals surface area (Å²) < 4.78 is 29.1. The second kappa shape index (κ2) is 9.05. The molecule has 162 valence electrons. The number of pyridine rings is 1. The van der Waals surface area contributed by atoms with Crippen LogP contribution >= 0.6 is 0 Å². The van der Waals surface area contributed by atoms with Crippen LogP contribution < -0.4 is 10.6 Å². The van der Waals surface area contributed by atoms with Gasteiger partial charge in [-0.15, -0.1) is 0 Å². The van der Waals surface area contributed by atoms with Crippen LogP contribution in [-0.4, -0.2) is 38.4 Å². The highest BCUT2D eigenvalue weighted by atomic mass is 32.1. The van der Waals surface area contributed by atoms with E-state index < -0.39 is 6.43 Å². The fourth-order valence-corrected chi connectivity index (χ4v) is 4.40. The van der Waals surface area contributed by atoms with Gasteiger partial charge < -0.3 is 10.6 Å². The van der Waals surface area contributed by atoms with Crippen molar-refractivity contribution in [2.24, 2.45) is 0 Å². The highest BCUT2D eigenvalue weighted by molar-refractivity contribution is 7.44. The zero-order valence-corrected chi connectivity index (χ0v) is 17.9. The van der Waals surface area contributed by atoms with Crippen LogP contribution in [0.4, 0.5) is 20.3 Å². The van der Waals surface area contributed by atoms with Crippen LogP contribution in [0, 0.1) is 0 Å². The van der Waals surface area contributed by atoms with Crippen molar-refractivity contribution in [3.05, 3.63) is 59.9 Å². The van der Waals surface area contributed by atoms with E-state index in [2.05, 4.69) is 15.6 Å². The number of aromatic nitrogens is 2. The number of fused-ring (bicyclic) bond motifs is 1. The summed E-state index contributed by atoms with van der Waals surface area (Å²) in [5, 5.41) is 6.48. The molecule has 1 saturated carbocycles. The molecular formula is C22H24F2N5OS+. The summed E-state index contributed by atoms with van der Waals surface area (Å²) in [5.74, 6) is 0.564. The molecule has 0 spiro atoms. The number of benzene rings is 1. The maximum Gasteiger partial charge on any atom is 0.435 e. The quantitative estimate of drug-likeness (QED) is 0.544. The first-order valence-corrected chi connectivity index (χ1v) is 10.6. The number of nitrogens with one attached hydrogen (secondary N) is 2. The number of hydrogen-bond acceptors (Lipinski definition) is 5. The number of carbonyl (C=O) groups excluding carboxylic acids is 1. The summed E-state index contributed by atoms with van der Waals surface area (Å²) >= 11 is 5.48. The van der Waals surface area contributed by atoms with Crippen molar-refractivity contribution in [3.63, 3.8) is 0 Å². The molecule has 0 bridgehead atoms. The third-order valence-corrected chi connectivity index (χ3v) is 6.21. The summed E-state index contributed by atoms with van der Waals surface area (Å²) in [6.07, 6.45) is 1.97. The maximum atomic E-state index is 13.0. The summed E-state index contributed by atoms with van der Waals surface area (Å²) in [4.78, 5) is 16.9. The van der Waals surface area contributed by atoms with E-state index in [9.17, 15) is 13.6 Å². The zero-order chi connectivity index (χ0) is 22.0. The third kappa shape index (κ3) is 4.41. The molecule has 9 heteroatoms. The van der Waals surface area contributed by atoms with Crippen molar-refractivity contribution in [3.8, 4) is 0 Å². The predicted octanol–water partition coefficient (Wildman–Crippen LogP) is 4.62. The average molecular weight is 445 g/mol. The molecule has 31 heavy (non-hydrogen) atoms. The van der Waals surface area contributed by atoms with Gasteiger partial charge in [0.25, 0.3) is 18.9 Å². The molecule has 0 radical (unpaired) electrons. The van der Waals surface area contributed by atoms with Gasteiger partial charge >= 0.3 is 5.91 Å². The summed E-state index contributed by atoms with van der Waals surface area (Å²) in [5.41, 5.74) is 1.58. The van der Waals surface area contributed by atoms with E-state index in [1.165, 1.54) is 10.1 Å². The van der Waals surface area contributed by atoms with Gasteiger partial charge in [0.15, 0.2) is 6.04 Å². The van der Waals surface area contributed by atoms with Crippen molar-refractivity contribution in [1.29, 1.82) is 0 Å². The van der Waals surface area contributed by atoms with Crippen LogP contribution in [0.5, 0.6) is 0 Å². The van der Waals surface area contributed by atoms with Crippen LogP contribution in [0.2, 0.25) is 0 Å². The number of rotatable bonds is 6. The third-order valence-electron chi connectivity index (χ3n) is 5.74. The van der Waals surface area contributed by atoms with Gasteiger partial charge in [-0.2, -0.15) is 0 Å². The first-order valence-electron chi connectivity index (χ1n) is 10.3. The second-order valence-corrected chi connectivity index (χ2v) is 8.08. The lowest BCUT2D eigenvalue weighted by molar-refractivity contribution is -0.448. The molecule has 0 aliphatic heterocycles. The Morgan fingerprint density at radius 3 is 2.61 bits per heavy atom. The Morgan fingerprint density at radius 2 is 1.90 bits per heavy atom.